The average molecular weight is 257 g/mol. The normalized spacial score (nSPS) is 12.3. The summed E-state index contributed by atoms with van der Waals surface area (Å²) >= 11 is 0. The molecule has 0 spiro atoms. The maximum atomic E-state index is 9.12. The van der Waals surface area contributed by atoms with Crippen molar-refractivity contribution in [2.75, 3.05) is 6.79 Å². The molecule has 1 aromatic carbocycles. The quantitative estimate of drug-likeness (QED) is 0.824. The van der Waals surface area contributed by atoms with Gasteiger partial charge in [0.1, 0.15) is 17.4 Å². The molecule has 0 N–H and O–H groups in total. The van der Waals surface area contributed by atoms with Crippen LogP contribution in [-0.4, -0.2) is 16.6 Å². The number of hydrogen-bond acceptors (Lipinski definition) is 5. The number of rotatable bonds is 2. The van der Waals surface area contributed by atoms with Crippen LogP contribution in [-0.2, 0) is 7.05 Å². The molecule has 0 unspecified atom stereocenters. The molecule has 1 aliphatic rings. The number of benzene rings is 1. The zero-order chi connectivity index (χ0) is 13.4. The second-order valence-electron chi connectivity index (χ2n) is 4.12. The highest BCUT2D eigenvalue weighted by atomic mass is 16.7. The van der Waals surface area contributed by atoms with Gasteiger partial charge in [0.05, 0.1) is 5.69 Å². The summed E-state index contributed by atoms with van der Waals surface area (Å²) in [6.07, 6.45) is 0. The lowest BCUT2D eigenvalue weighted by Crippen LogP contribution is -1.96. The van der Waals surface area contributed by atoms with E-state index in [4.69, 9.17) is 19.5 Å². The third kappa shape index (κ3) is 1.85. The summed E-state index contributed by atoms with van der Waals surface area (Å²) < 4.78 is 17.8. The summed E-state index contributed by atoms with van der Waals surface area (Å²) in [4.78, 5) is 0. The number of nitriles is 1. The Kier molecular flexibility index (Phi) is 2.53. The van der Waals surface area contributed by atoms with Crippen molar-refractivity contribution < 1.29 is 14.2 Å². The van der Waals surface area contributed by atoms with E-state index in [-0.39, 0.29) is 6.79 Å². The van der Waals surface area contributed by atoms with E-state index in [1.54, 1.807) is 36.9 Å². The Labute approximate surface area is 109 Å². The fraction of sp³-hybridized carbons (Fsp3) is 0.231. The van der Waals surface area contributed by atoms with E-state index < -0.39 is 0 Å². The molecule has 0 aliphatic carbocycles. The largest absolute Gasteiger partial charge is 0.454 e. The number of hydrogen-bond donors (Lipinski definition) is 0. The van der Waals surface area contributed by atoms with Gasteiger partial charge in [0.15, 0.2) is 11.5 Å². The highest BCUT2D eigenvalue weighted by Crippen LogP contribution is 2.37. The van der Waals surface area contributed by atoms with Gasteiger partial charge >= 0.3 is 0 Å². The van der Waals surface area contributed by atoms with E-state index in [1.807, 2.05) is 0 Å². The molecular formula is C13H11N3O3. The topological polar surface area (TPSA) is 69.3 Å². The van der Waals surface area contributed by atoms with Crippen molar-refractivity contribution in [1.29, 1.82) is 5.26 Å². The molecular weight excluding hydrogens is 246 g/mol. The molecule has 1 aromatic heterocycles. The highest BCUT2D eigenvalue weighted by molar-refractivity contribution is 5.49. The third-order valence-electron chi connectivity index (χ3n) is 2.84. The van der Waals surface area contributed by atoms with Gasteiger partial charge in [-0.05, 0) is 19.1 Å². The van der Waals surface area contributed by atoms with Gasteiger partial charge in [-0.3, -0.25) is 0 Å². The van der Waals surface area contributed by atoms with Crippen molar-refractivity contribution in [2.45, 2.75) is 6.92 Å². The number of aryl methyl sites for hydroxylation is 2. The molecule has 3 rings (SSSR count). The van der Waals surface area contributed by atoms with Crippen LogP contribution in [0.15, 0.2) is 18.2 Å². The maximum absolute atomic E-state index is 9.12. The lowest BCUT2D eigenvalue weighted by molar-refractivity contribution is 0.174. The molecule has 0 saturated heterocycles. The van der Waals surface area contributed by atoms with Crippen LogP contribution in [0.3, 0.4) is 0 Å². The Morgan fingerprint density at radius 3 is 2.95 bits per heavy atom. The Bertz CT molecular complexity index is 685. The Morgan fingerprint density at radius 1 is 1.37 bits per heavy atom. The predicted molar refractivity (Wildman–Crippen MR) is 65.3 cm³/mol. The second kappa shape index (κ2) is 4.21. The summed E-state index contributed by atoms with van der Waals surface area (Å²) in [5, 5.41) is 13.3. The minimum absolute atomic E-state index is 0.215. The molecule has 0 radical (unpaired) electrons. The van der Waals surface area contributed by atoms with E-state index in [0.29, 0.717) is 34.4 Å². The monoisotopic (exact) mass is 257 g/mol. The minimum atomic E-state index is 0.215. The molecule has 0 saturated carbocycles. The first kappa shape index (κ1) is 11.4. The molecule has 2 heterocycles. The smallest absolute Gasteiger partial charge is 0.235 e. The Hall–Kier alpha value is -2.68. The first-order chi connectivity index (χ1) is 9.19. The molecule has 0 bridgehead atoms. The van der Waals surface area contributed by atoms with Gasteiger partial charge in [-0.2, -0.15) is 10.4 Å². The van der Waals surface area contributed by atoms with Crippen molar-refractivity contribution in [1.82, 2.24) is 9.78 Å². The van der Waals surface area contributed by atoms with Crippen molar-refractivity contribution in [2.24, 2.45) is 7.05 Å². The van der Waals surface area contributed by atoms with Crippen molar-refractivity contribution in [3.05, 3.63) is 29.5 Å². The standard InChI is InChI=1S/C13H11N3O3/c1-8-10(6-14)13(16(2)15-8)19-9-3-4-11-12(5-9)18-7-17-11/h3-5H,7H2,1-2H3. The van der Waals surface area contributed by atoms with Crippen LogP contribution >= 0.6 is 0 Å². The van der Waals surface area contributed by atoms with Crippen molar-refractivity contribution in [3.8, 4) is 29.2 Å². The van der Waals surface area contributed by atoms with Crippen LogP contribution in [0.25, 0.3) is 0 Å². The van der Waals surface area contributed by atoms with E-state index in [1.165, 1.54) is 0 Å². The summed E-state index contributed by atoms with van der Waals surface area (Å²) in [6.45, 7) is 1.98. The summed E-state index contributed by atoms with van der Waals surface area (Å²) in [5.74, 6) is 2.31. The molecule has 0 atom stereocenters. The van der Waals surface area contributed by atoms with Gasteiger partial charge in [-0.15, -0.1) is 0 Å². The predicted octanol–water partition coefficient (Wildman–Crippen LogP) is 2.12. The first-order valence-electron chi connectivity index (χ1n) is 5.70. The Balaban J connectivity index is 1.96. The molecule has 1 aliphatic heterocycles. The van der Waals surface area contributed by atoms with E-state index in [2.05, 4.69) is 11.2 Å². The van der Waals surface area contributed by atoms with Crippen LogP contribution in [0, 0.1) is 18.3 Å². The van der Waals surface area contributed by atoms with Gasteiger partial charge in [0.25, 0.3) is 0 Å². The van der Waals surface area contributed by atoms with Crippen LogP contribution in [0.4, 0.5) is 0 Å². The molecule has 6 nitrogen and oxygen atoms in total. The van der Waals surface area contributed by atoms with E-state index in [0.717, 1.165) is 0 Å². The molecule has 2 aromatic rings. The molecule has 96 valence electrons. The summed E-state index contributed by atoms with van der Waals surface area (Å²) in [7, 11) is 1.73. The second-order valence-corrected chi connectivity index (χ2v) is 4.12. The van der Waals surface area contributed by atoms with Gasteiger partial charge in [-0.25, -0.2) is 4.68 Å². The summed E-state index contributed by atoms with van der Waals surface area (Å²) in [6, 6.07) is 7.35. The van der Waals surface area contributed by atoms with E-state index >= 15 is 0 Å². The fourth-order valence-electron chi connectivity index (χ4n) is 1.93. The van der Waals surface area contributed by atoms with Gasteiger partial charge in [-0.1, -0.05) is 0 Å². The molecule has 6 heteroatoms. The van der Waals surface area contributed by atoms with Crippen LogP contribution in [0.1, 0.15) is 11.3 Å². The Morgan fingerprint density at radius 2 is 2.16 bits per heavy atom. The van der Waals surface area contributed by atoms with Crippen LogP contribution in [0.5, 0.6) is 23.1 Å². The minimum Gasteiger partial charge on any atom is -0.454 e. The lowest BCUT2D eigenvalue weighted by atomic mass is 10.3. The molecule has 0 fully saturated rings. The molecule has 19 heavy (non-hydrogen) atoms. The van der Waals surface area contributed by atoms with Gasteiger partial charge in [0, 0.05) is 13.1 Å². The SMILES string of the molecule is Cc1nn(C)c(Oc2ccc3c(c2)OCO3)c1C#N. The highest BCUT2D eigenvalue weighted by Gasteiger charge is 2.18. The fourth-order valence-corrected chi connectivity index (χ4v) is 1.93. The van der Waals surface area contributed by atoms with Crippen molar-refractivity contribution in [3.63, 3.8) is 0 Å². The lowest BCUT2D eigenvalue weighted by Gasteiger charge is -2.06. The zero-order valence-corrected chi connectivity index (χ0v) is 10.5. The zero-order valence-electron chi connectivity index (χ0n) is 10.5. The van der Waals surface area contributed by atoms with Crippen molar-refractivity contribution >= 4 is 0 Å². The number of fused-ring (bicyclic) bond motifs is 1. The van der Waals surface area contributed by atoms with Gasteiger partial charge in [0.2, 0.25) is 12.7 Å². The third-order valence-corrected chi connectivity index (χ3v) is 2.84. The van der Waals surface area contributed by atoms with Crippen LogP contribution < -0.4 is 14.2 Å². The maximum Gasteiger partial charge on any atom is 0.235 e. The number of aromatic nitrogens is 2. The molecule has 0 amide bonds. The number of nitrogens with zero attached hydrogens (tertiary/aromatic N) is 3. The summed E-state index contributed by atoms with van der Waals surface area (Å²) in [5.41, 5.74) is 1.07. The van der Waals surface area contributed by atoms with Gasteiger partial charge < -0.3 is 14.2 Å². The van der Waals surface area contributed by atoms with Crippen LogP contribution in [0.2, 0.25) is 0 Å². The average Bonchev–Trinajstić information content (AvgIpc) is 2.94. The number of ether oxygens (including phenoxy) is 3. The first-order valence-corrected chi connectivity index (χ1v) is 5.70. The van der Waals surface area contributed by atoms with E-state index in [9.17, 15) is 0 Å².